The first-order chi connectivity index (χ1) is 13.7. The van der Waals surface area contributed by atoms with Crippen LogP contribution in [0.25, 0.3) is 0 Å². The molecule has 0 aromatic heterocycles. The molecule has 2 bridgehead atoms. The highest BCUT2D eigenvalue weighted by Crippen LogP contribution is 2.32. The maximum Gasteiger partial charge on any atom is 0.191 e. The lowest BCUT2D eigenvalue weighted by molar-refractivity contribution is 0.0526. The van der Waals surface area contributed by atoms with Gasteiger partial charge in [0, 0.05) is 43.4 Å². The molecule has 0 saturated carbocycles. The lowest BCUT2D eigenvalue weighted by Crippen LogP contribution is -2.56. The van der Waals surface area contributed by atoms with Gasteiger partial charge < -0.3 is 20.4 Å². The van der Waals surface area contributed by atoms with Crippen LogP contribution in [0.1, 0.15) is 44.6 Å². The first-order valence-corrected chi connectivity index (χ1v) is 11.0. The zero-order valence-electron chi connectivity index (χ0n) is 17.8. The molecule has 1 aromatic rings. The van der Waals surface area contributed by atoms with Crippen LogP contribution >= 0.6 is 24.0 Å². The molecule has 160 valence electrons. The number of hydrogen-bond donors (Lipinski definition) is 2. The summed E-state index contributed by atoms with van der Waals surface area (Å²) in [7, 11) is 2.31. The molecule has 0 radical (unpaired) electrons. The average molecular weight is 509 g/mol. The lowest BCUT2D eigenvalue weighted by atomic mass is 9.82. The van der Waals surface area contributed by atoms with Gasteiger partial charge >= 0.3 is 0 Å². The van der Waals surface area contributed by atoms with E-state index in [0.717, 1.165) is 37.7 Å². The third kappa shape index (κ3) is 5.66. The molecule has 0 amide bonds. The first-order valence-electron chi connectivity index (χ1n) is 11.0. The van der Waals surface area contributed by atoms with Crippen molar-refractivity contribution < 1.29 is 0 Å². The van der Waals surface area contributed by atoms with Crippen LogP contribution < -0.4 is 15.5 Å². The Hall–Kier alpha value is -1.28. The molecule has 3 aliphatic heterocycles. The summed E-state index contributed by atoms with van der Waals surface area (Å²) in [6, 6.07) is 10.8. The van der Waals surface area contributed by atoms with Crippen LogP contribution in [0.2, 0.25) is 0 Å². The molecule has 2 atom stereocenters. The Kier molecular flexibility index (Phi) is 8.24. The van der Waals surface area contributed by atoms with Crippen LogP contribution in [0.5, 0.6) is 0 Å². The minimum atomic E-state index is 0. The SMILES string of the molecule is CCNC(=NCc1cccc(N2CC=CC2)c1)NC1CC2CCCC(C1)N2C.I. The van der Waals surface area contributed by atoms with Crippen LogP contribution in [0.4, 0.5) is 5.69 Å². The Balaban J connectivity index is 0.00000240. The standard InChI is InChI=1S/C23H35N5.HI/c1-3-24-23(26-19-15-20-9-7-10-21(16-19)27(20)2)25-17-18-8-6-11-22(14-18)28-12-4-5-13-28;/h4-6,8,11,14,19-21H,3,7,9-10,12-13,15-17H2,1-2H3,(H2,24,25,26);1H. The highest BCUT2D eigenvalue weighted by molar-refractivity contribution is 14.0. The number of rotatable bonds is 5. The number of anilines is 1. The van der Waals surface area contributed by atoms with Gasteiger partial charge in [0.15, 0.2) is 5.96 Å². The van der Waals surface area contributed by atoms with Crippen molar-refractivity contribution in [3.8, 4) is 0 Å². The lowest BCUT2D eigenvalue weighted by Gasteiger charge is -2.47. The number of halogens is 1. The van der Waals surface area contributed by atoms with Crippen LogP contribution in [0.15, 0.2) is 41.4 Å². The second kappa shape index (κ2) is 10.7. The van der Waals surface area contributed by atoms with E-state index in [2.05, 4.69) is 70.8 Å². The van der Waals surface area contributed by atoms with E-state index in [1.165, 1.54) is 43.4 Å². The Morgan fingerprint density at radius 1 is 1.14 bits per heavy atom. The van der Waals surface area contributed by atoms with Crippen molar-refractivity contribution in [2.45, 2.75) is 63.7 Å². The number of benzene rings is 1. The summed E-state index contributed by atoms with van der Waals surface area (Å²) in [5.74, 6) is 0.961. The minimum Gasteiger partial charge on any atom is -0.364 e. The van der Waals surface area contributed by atoms with Gasteiger partial charge in [0.25, 0.3) is 0 Å². The van der Waals surface area contributed by atoms with Gasteiger partial charge in [-0.15, -0.1) is 24.0 Å². The quantitative estimate of drug-likeness (QED) is 0.275. The monoisotopic (exact) mass is 509 g/mol. The summed E-state index contributed by atoms with van der Waals surface area (Å²) in [4.78, 5) is 9.90. The zero-order chi connectivity index (χ0) is 19.3. The maximum absolute atomic E-state index is 4.91. The van der Waals surface area contributed by atoms with E-state index in [-0.39, 0.29) is 24.0 Å². The molecule has 4 rings (SSSR count). The highest BCUT2D eigenvalue weighted by Gasteiger charge is 2.36. The number of guanidine groups is 1. The van der Waals surface area contributed by atoms with E-state index in [1.54, 1.807) is 0 Å². The van der Waals surface area contributed by atoms with E-state index >= 15 is 0 Å². The Morgan fingerprint density at radius 2 is 1.86 bits per heavy atom. The van der Waals surface area contributed by atoms with Gasteiger partial charge in [0.2, 0.25) is 0 Å². The molecule has 0 aliphatic carbocycles. The number of nitrogens with one attached hydrogen (secondary N) is 2. The van der Waals surface area contributed by atoms with Gasteiger partial charge in [-0.05, 0) is 57.4 Å². The topological polar surface area (TPSA) is 42.9 Å². The average Bonchev–Trinajstić information content (AvgIpc) is 3.22. The van der Waals surface area contributed by atoms with Crippen molar-refractivity contribution in [3.63, 3.8) is 0 Å². The summed E-state index contributed by atoms with van der Waals surface area (Å²) in [5, 5.41) is 7.19. The predicted octanol–water partition coefficient (Wildman–Crippen LogP) is 3.75. The predicted molar refractivity (Wildman–Crippen MR) is 133 cm³/mol. The molecular formula is C23H36IN5. The Morgan fingerprint density at radius 3 is 2.55 bits per heavy atom. The number of hydrogen-bond acceptors (Lipinski definition) is 3. The molecule has 29 heavy (non-hydrogen) atoms. The van der Waals surface area contributed by atoms with Crippen molar-refractivity contribution in [2.75, 3.05) is 31.6 Å². The fraction of sp³-hybridized carbons (Fsp3) is 0.609. The van der Waals surface area contributed by atoms with Gasteiger partial charge in [-0.2, -0.15) is 0 Å². The zero-order valence-corrected chi connectivity index (χ0v) is 20.1. The van der Waals surface area contributed by atoms with Crippen molar-refractivity contribution in [1.29, 1.82) is 0 Å². The van der Waals surface area contributed by atoms with Crippen LogP contribution in [0, 0.1) is 0 Å². The minimum absolute atomic E-state index is 0. The molecule has 6 heteroatoms. The molecule has 2 unspecified atom stereocenters. The summed E-state index contributed by atoms with van der Waals surface area (Å²) < 4.78 is 0. The molecule has 0 spiro atoms. The Labute approximate surface area is 193 Å². The van der Waals surface area contributed by atoms with Crippen molar-refractivity contribution in [3.05, 3.63) is 42.0 Å². The molecule has 1 aromatic carbocycles. The summed E-state index contributed by atoms with van der Waals surface area (Å²) in [6.07, 6.45) is 11.0. The smallest absolute Gasteiger partial charge is 0.191 e. The largest absolute Gasteiger partial charge is 0.364 e. The van der Waals surface area contributed by atoms with Gasteiger partial charge in [-0.25, -0.2) is 4.99 Å². The fourth-order valence-corrected chi connectivity index (χ4v) is 4.96. The van der Waals surface area contributed by atoms with Gasteiger partial charge in [0.05, 0.1) is 6.54 Å². The molecule has 5 nitrogen and oxygen atoms in total. The molecule has 3 aliphatic rings. The van der Waals surface area contributed by atoms with E-state index < -0.39 is 0 Å². The summed E-state index contributed by atoms with van der Waals surface area (Å²) in [6.45, 7) is 5.76. The fourth-order valence-electron chi connectivity index (χ4n) is 4.96. The molecule has 2 fully saturated rings. The third-order valence-electron chi connectivity index (χ3n) is 6.54. The van der Waals surface area contributed by atoms with Crippen molar-refractivity contribution in [1.82, 2.24) is 15.5 Å². The molecule has 2 saturated heterocycles. The Bertz CT molecular complexity index is 697. The van der Waals surface area contributed by atoms with E-state index in [0.29, 0.717) is 12.6 Å². The van der Waals surface area contributed by atoms with Gasteiger partial charge in [-0.3, -0.25) is 0 Å². The van der Waals surface area contributed by atoms with Crippen molar-refractivity contribution in [2.24, 2.45) is 4.99 Å². The third-order valence-corrected chi connectivity index (χ3v) is 6.54. The second-order valence-corrected chi connectivity index (χ2v) is 8.46. The number of fused-ring (bicyclic) bond motifs is 2. The van der Waals surface area contributed by atoms with Crippen LogP contribution in [0.3, 0.4) is 0 Å². The normalized spacial score (nSPS) is 26.9. The second-order valence-electron chi connectivity index (χ2n) is 8.46. The van der Waals surface area contributed by atoms with E-state index in [9.17, 15) is 0 Å². The highest BCUT2D eigenvalue weighted by atomic mass is 127. The first kappa shape index (κ1) is 22.4. The molecule has 2 N–H and O–H groups in total. The van der Waals surface area contributed by atoms with E-state index in [4.69, 9.17) is 4.99 Å². The number of nitrogens with zero attached hydrogens (tertiary/aromatic N) is 3. The number of piperidine rings is 2. The van der Waals surface area contributed by atoms with Crippen LogP contribution in [-0.4, -0.2) is 55.7 Å². The van der Waals surface area contributed by atoms with Crippen LogP contribution in [-0.2, 0) is 6.54 Å². The summed E-state index contributed by atoms with van der Waals surface area (Å²) >= 11 is 0. The maximum atomic E-state index is 4.91. The van der Waals surface area contributed by atoms with Gasteiger partial charge in [0.1, 0.15) is 0 Å². The number of aliphatic imine (C=N–C) groups is 1. The molecule has 3 heterocycles. The summed E-state index contributed by atoms with van der Waals surface area (Å²) in [5.41, 5.74) is 2.56. The van der Waals surface area contributed by atoms with Gasteiger partial charge in [-0.1, -0.05) is 30.7 Å². The molecular weight excluding hydrogens is 473 g/mol. The van der Waals surface area contributed by atoms with E-state index in [1.807, 2.05) is 0 Å². The van der Waals surface area contributed by atoms with Crippen molar-refractivity contribution >= 4 is 35.6 Å².